The third-order valence-electron chi connectivity index (χ3n) is 2.03. The first-order chi connectivity index (χ1) is 6.81. The van der Waals surface area contributed by atoms with E-state index in [1.807, 2.05) is 37.3 Å². The molecule has 0 aliphatic carbocycles. The van der Waals surface area contributed by atoms with Crippen molar-refractivity contribution >= 4 is 0 Å². The van der Waals surface area contributed by atoms with E-state index in [9.17, 15) is 4.79 Å². The SMILES string of the molecule is CCc1nc(=O)[nH]n1-c1ccccc1. The van der Waals surface area contributed by atoms with Gasteiger partial charge in [-0.15, -0.1) is 0 Å². The molecule has 0 aliphatic heterocycles. The van der Waals surface area contributed by atoms with Crippen molar-refractivity contribution in [1.82, 2.24) is 14.8 Å². The lowest BCUT2D eigenvalue weighted by atomic mass is 10.3. The molecule has 4 heteroatoms. The summed E-state index contributed by atoms with van der Waals surface area (Å²) in [5.74, 6) is 0.751. The lowest BCUT2D eigenvalue weighted by Crippen LogP contribution is -2.05. The highest BCUT2D eigenvalue weighted by molar-refractivity contribution is 5.30. The van der Waals surface area contributed by atoms with Crippen LogP contribution in [0.5, 0.6) is 0 Å². The lowest BCUT2D eigenvalue weighted by molar-refractivity contribution is 0.797. The quantitative estimate of drug-likeness (QED) is 0.769. The number of H-pyrrole nitrogens is 1. The molecule has 72 valence electrons. The minimum atomic E-state index is -0.300. The van der Waals surface area contributed by atoms with Gasteiger partial charge < -0.3 is 0 Å². The maximum atomic E-state index is 11.1. The third kappa shape index (κ3) is 1.46. The van der Waals surface area contributed by atoms with E-state index in [0.29, 0.717) is 0 Å². The molecule has 0 saturated carbocycles. The van der Waals surface area contributed by atoms with Gasteiger partial charge in [-0.25, -0.2) is 14.6 Å². The standard InChI is InChI=1S/C10H11N3O/c1-2-9-11-10(14)12-13(9)8-6-4-3-5-7-8/h3-7H,2H2,1H3,(H,12,14). The topological polar surface area (TPSA) is 50.7 Å². The first-order valence-corrected chi connectivity index (χ1v) is 4.54. The highest BCUT2D eigenvalue weighted by Crippen LogP contribution is 2.06. The number of nitrogens with one attached hydrogen (secondary N) is 1. The molecule has 0 amide bonds. The molecule has 0 saturated heterocycles. The summed E-state index contributed by atoms with van der Waals surface area (Å²) in [7, 11) is 0. The van der Waals surface area contributed by atoms with Crippen LogP contribution in [0, 0.1) is 0 Å². The minimum Gasteiger partial charge on any atom is -0.244 e. The van der Waals surface area contributed by atoms with Crippen LogP contribution in [0.25, 0.3) is 5.69 Å². The van der Waals surface area contributed by atoms with Crippen LogP contribution in [0.1, 0.15) is 12.7 Å². The molecule has 0 radical (unpaired) electrons. The maximum Gasteiger partial charge on any atom is 0.361 e. The number of hydrogen-bond acceptors (Lipinski definition) is 2. The predicted molar refractivity (Wildman–Crippen MR) is 53.6 cm³/mol. The van der Waals surface area contributed by atoms with E-state index in [1.165, 1.54) is 0 Å². The van der Waals surface area contributed by atoms with Crippen LogP contribution in [-0.4, -0.2) is 14.8 Å². The third-order valence-corrected chi connectivity index (χ3v) is 2.03. The van der Waals surface area contributed by atoms with Crippen molar-refractivity contribution in [2.24, 2.45) is 0 Å². The summed E-state index contributed by atoms with van der Waals surface area (Å²) >= 11 is 0. The van der Waals surface area contributed by atoms with Gasteiger partial charge in [-0.1, -0.05) is 25.1 Å². The second kappa shape index (κ2) is 3.49. The molecule has 0 unspecified atom stereocenters. The van der Waals surface area contributed by atoms with Crippen LogP contribution >= 0.6 is 0 Å². The Morgan fingerprint density at radius 2 is 2.07 bits per heavy atom. The zero-order chi connectivity index (χ0) is 9.97. The highest BCUT2D eigenvalue weighted by Gasteiger charge is 2.04. The normalized spacial score (nSPS) is 10.4. The smallest absolute Gasteiger partial charge is 0.244 e. The van der Waals surface area contributed by atoms with Gasteiger partial charge in [-0.05, 0) is 12.1 Å². The molecule has 0 spiro atoms. The molecule has 0 bridgehead atoms. The van der Waals surface area contributed by atoms with Crippen molar-refractivity contribution in [3.63, 3.8) is 0 Å². The molecule has 1 N–H and O–H groups in total. The Hall–Kier alpha value is -1.84. The average molecular weight is 189 g/mol. The van der Waals surface area contributed by atoms with E-state index < -0.39 is 0 Å². The van der Waals surface area contributed by atoms with E-state index in [0.717, 1.165) is 17.9 Å². The molecule has 2 aromatic rings. The highest BCUT2D eigenvalue weighted by atomic mass is 16.1. The molecule has 14 heavy (non-hydrogen) atoms. The van der Waals surface area contributed by atoms with Gasteiger partial charge >= 0.3 is 5.69 Å². The molecular weight excluding hydrogens is 178 g/mol. The van der Waals surface area contributed by atoms with Crippen LogP contribution in [-0.2, 0) is 6.42 Å². The number of rotatable bonds is 2. The molecular formula is C10H11N3O. The van der Waals surface area contributed by atoms with Gasteiger partial charge in [0.2, 0.25) is 0 Å². The Balaban J connectivity index is 2.56. The number of para-hydroxylation sites is 1. The van der Waals surface area contributed by atoms with Gasteiger partial charge in [0.15, 0.2) is 0 Å². The van der Waals surface area contributed by atoms with Crippen molar-refractivity contribution in [2.75, 3.05) is 0 Å². The summed E-state index contributed by atoms with van der Waals surface area (Å²) in [5, 5.41) is 2.66. The van der Waals surface area contributed by atoms with Crippen LogP contribution in [0.3, 0.4) is 0 Å². The average Bonchev–Trinajstić information content (AvgIpc) is 2.61. The number of nitrogens with zero attached hydrogens (tertiary/aromatic N) is 2. The van der Waals surface area contributed by atoms with E-state index in [2.05, 4.69) is 10.1 Å². The van der Waals surface area contributed by atoms with Crippen molar-refractivity contribution < 1.29 is 0 Å². The van der Waals surface area contributed by atoms with Gasteiger partial charge in [-0.3, -0.25) is 0 Å². The summed E-state index contributed by atoms with van der Waals surface area (Å²) < 4.78 is 1.71. The zero-order valence-electron chi connectivity index (χ0n) is 7.90. The second-order valence-corrected chi connectivity index (χ2v) is 2.97. The lowest BCUT2D eigenvalue weighted by Gasteiger charge is -2.03. The second-order valence-electron chi connectivity index (χ2n) is 2.97. The number of aromatic amines is 1. The maximum absolute atomic E-state index is 11.1. The van der Waals surface area contributed by atoms with Crippen LogP contribution < -0.4 is 5.69 Å². The Labute approximate surface area is 81.2 Å². The Bertz CT molecular complexity index is 470. The fourth-order valence-electron chi connectivity index (χ4n) is 1.38. The number of hydrogen-bond donors (Lipinski definition) is 1. The zero-order valence-corrected chi connectivity index (χ0v) is 7.90. The van der Waals surface area contributed by atoms with Gasteiger partial charge in [0.25, 0.3) is 0 Å². The Morgan fingerprint density at radius 1 is 1.36 bits per heavy atom. The molecule has 1 aromatic carbocycles. The first-order valence-electron chi connectivity index (χ1n) is 4.54. The molecule has 0 aliphatic rings. The molecule has 1 heterocycles. The fourth-order valence-corrected chi connectivity index (χ4v) is 1.38. The van der Waals surface area contributed by atoms with Gasteiger partial charge in [0, 0.05) is 6.42 Å². The van der Waals surface area contributed by atoms with E-state index >= 15 is 0 Å². The summed E-state index contributed by atoms with van der Waals surface area (Å²) in [4.78, 5) is 14.9. The van der Waals surface area contributed by atoms with Gasteiger partial charge in [0.1, 0.15) is 5.82 Å². The minimum absolute atomic E-state index is 0.300. The Morgan fingerprint density at radius 3 is 2.71 bits per heavy atom. The van der Waals surface area contributed by atoms with Crippen molar-refractivity contribution in [3.8, 4) is 5.69 Å². The number of benzene rings is 1. The van der Waals surface area contributed by atoms with Crippen molar-refractivity contribution in [2.45, 2.75) is 13.3 Å². The predicted octanol–water partition coefficient (Wildman–Crippen LogP) is 1.12. The van der Waals surface area contributed by atoms with Crippen LogP contribution in [0.2, 0.25) is 0 Å². The van der Waals surface area contributed by atoms with Gasteiger partial charge in [-0.2, -0.15) is 4.98 Å². The molecule has 1 aromatic heterocycles. The number of aromatic nitrogens is 3. The Kier molecular flexibility index (Phi) is 2.18. The van der Waals surface area contributed by atoms with E-state index in [1.54, 1.807) is 4.68 Å². The van der Waals surface area contributed by atoms with Crippen LogP contribution in [0.4, 0.5) is 0 Å². The molecule has 4 nitrogen and oxygen atoms in total. The van der Waals surface area contributed by atoms with Crippen LogP contribution in [0.15, 0.2) is 35.1 Å². The summed E-state index contributed by atoms with van der Waals surface area (Å²) in [5.41, 5.74) is 0.629. The first kappa shape index (κ1) is 8.74. The molecule has 2 rings (SSSR count). The summed E-state index contributed by atoms with van der Waals surface area (Å²) in [6.45, 7) is 1.97. The molecule has 0 atom stereocenters. The monoisotopic (exact) mass is 189 g/mol. The van der Waals surface area contributed by atoms with E-state index in [-0.39, 0.29) is 5.69 Å². The van der Waals surface area contributed by atoms with Gasteiger partial charge in [0.05, 0.1) is 5.69 Å². The largest absolute Gasteiger partial charge is 0.361 e. The van der Waals surface area contributed by atoms with Crippen molar-refractivity contribution in [3.05, 3.63) is 46.6 Å². The fraction of sp³-hybridized carbons (Fsp3) is 0.200. The number of aryl methyl sites for hydroxylation is 1. The van der Waals surface area contributed by atoms with E-state index in [4.69, 9.17) is 0 Å². The van der Waals surface area contributed by atoms with Crippen molar-refractivity contribution in [1.29, 1.82) is 0 Å². The summed E-state index contributed by atoms with van der Waals surface area (Å²) in [6, 6.07) is 9.64. The summed E-state index contributed by atoms with van der Waals surface area (Å²) in [6.07, 6.45) is 0.730. The molecule has 0 fully saturated rings.